The van der Waals surface area contributed by atoms with Gasteiger partial charge in [-0.3, -0.25) is 14.5 Å². The molecule has 1 fully saturated rings. The molecule has 32 heavy (non-hydrogen) atoms. The second-order valence-electron chi connectivity index (χ2n) is 7.44. The van der Waals surface area contributed by atoms with E-state index in [-0.39, 0.29) is 0 Å². The van der Waals surface area contributed by atoms with Crippen molar-refractivity contribution in [1.82, 2.24) is 10.2 Å². The summed E-state index contributed by atoms with van der Waals surface area (Å²) in [6.07, 6.45) is 0.774. The molecule has 0 aliphatic carbocycles. The Hall–Kier alpha value is -2.97. The number of nitrogens with one attached hydrogen (secondary N) is 2. The van der Waals surface area contributed by atoms with Crippen LogP contribution in [0.3, 0.4) is 0 Å². The minimum absolute atomic E-state index is 0.440. The highest BCUT2D eigenvalue weighted by molar-refractivity contribution is 6.39. The lowest BCUT2D eigenvalue weighted by Gasteiger charge is -2.36. The van der Waals surface area contributed by atoms with Crippen molar-refractivity contribution in [2.45, 2.75) is 6.42 Å². The van der Waals surface area contributed by atoms with Gasteiger partial charge in [-0.1, -0.05) is 11.6 Å². The van der Waals surface area contributed by atoms with Crippen LogP contribution in [-0.4, -0.2) is 70.2 Å². The Bertz CT molecular complexity index is 915. The standard InChI is InChI=1S/C23H29ClN4O4/c1-31-20-9-6-18(16-21(20)32-2)26-23(30)22(29)25-10-3-11-27-12-14-28(15-13-27)19-7-4-17(24)5-8-19/h4-9,16H,3,10-15H2,1-2H3,(H,25,29)(H,26,30). The zero-order valence-electron chi connectivity index (χ0n) is 18.4. The smallest absolute Gasteiger partial charge is 0.313 e. The lowest BCUT2D eigenvalue weighted by atomic mass is 10.2. The maximum Gasteiger partial charge on any atom is 0.313 e. The molecule has 0 radical (unpaired) electrons. The van der Waals surface area contributed by atoms with Crippen LogP contribution in [0.25, 0.3) is 0 Å². The molecule has 2 aromatic carbocycles. The van der Waals surface area contributed by atoms with E-state index in [0.717, 1.165) is 44.2 Å². The number of piperazine rings is 1. The Labute approximate surface area is 193 Å². The molecule has 2 amide bonds. The summed E-state index contributed by atoms with van der Waals surface area (Å²) in [7, 11) is 3.04. The van der Waals surface area contributed by atoms with Gasteiger partial charge in [0.1, 0.15) is 0 Å². The van der Waals surface area contributed by atoms with Gasteiger partial charge in [0.15, 0.2) is 11.5 Å². The zero-order chi connectivity index (χ0) is 22.9. The molecule has 3 rings (SSSR count). The monoisotopic (exact) mass is 460 g/mol. The molecule has 8 nitrogen and oxygen atoms in total. The molecule has 0 bridgehead atoms. The highest BCUT2D eigenvalue weighted by atomic mass is 35.5. The molecule has 0 aromatic heterocycles. The van der Waals surface area contributed by atoms with Crippen molar-refractivity contribution >= 4 is 34.8 Å². The zero-order valence-corrected chi connectivity index (χ0v) is 19.2. The number of benzene rings is 2. The maximum absolute atomic E-state index is 12.1. The van der Waals surface area contributed by atoms with Crippen molar-refractivity contribution in [3.05, 3.63) is 47.5 Å². The highest BCUT2D eigenvalue weighted by Gasteiger charge is 2.18. The van der Waals surface area contributed by atoms with Crippen molar-refractivity contribution in [3.8, 4) is 11.5 Å². The number of carbonyl (C=O) groups is 2. The molecular formula is C23H29ClN4O4. The first-order valence-corrected chi connectivity index (χ1v) is 10.9. The lowest BCUT2D eigenvalue weighted by molar-refractivity contribution is -0.136. The van der Waals surface area contributed by atoms with E-state index < -0.39 is 11.8 Å². The van der Waals surface area contributed by atoms with E-state index in [1.54, 1.807) is 18.2 Å². The van der Waals surface area contributed by atoms with Crippen LogP contribution in [0.4, 0.5) is 11.4 Å². The van der Waals surface area contributed by atoms with Crippen LogP contribution >= 0.6 is 11.6 Å². The fraction of sp³-hybridized carbons (Fsp3) is 0.391. The minimum Gasteiger partial charge on any atom is -0.493 e. The Morgan fingerprint density at radius 2 is 1.62 bits per heavy atom. The number of ether oxygens (including phenoxy) is 2. The number of amides is 2. The van der Waals surface area contributed by atoms with Gasteiger partial charge in [0.25, 0.3) is 0 Å². The van der Waals surface area contributed by atoms with E-state index in [2.05, 4.69) is 20.4 Å². The number of hydrogen-bond acceptors (Lipinski definition) is 6. The van der Waals surface area contributed by atoms with Crippen molar-refractivity contribution in [2.24, 2.45) is 0 Å². The van der Waals surface area contributed by atoms with E-state index in [1.807, 2.05) is 24.3 Å². The van der Waals surface area contributed by atoms with Crippen molar-refractivity contribution in [3.63, 3.8) is 0 Å². The topological polar surface area (TPSA) is 83.1 Å². The molecule has 1 heterocycles. The van der Waals surface area contributed by atoms with Crippen molar-refractivity contribution < 1.29 is 19.1 Å². The number of anilines is 2. The normalized spacial score (nSPS) is 14.0. The van der Waals surface area contributed by atoms with E-state index in [1.165, 1.54) is 19.9 Å². The lowest BCUT2D eigenvalue weighted by Crippen LogP contribution is -2.47. The van der Waals surface area contributed by atoms with Gasteiger partial charge in [0.2, 0.25) is 0 Å². The van der Waals surface area contributed by atoms with E-state index in [9.17, 15) is 9.59 Å². The molecule has 0 saturated carbocycles. The van der Waals surface area contributed by atoms with E-state index in [0.29, 0.717) is 23.7 Å². The summed E-state index contributed by atoms with van der Waals surface area (Å²) in [6.45, 7) is 5.11. The van der Waals surface area contributed by atoms with Crippen LogP contribution < -0.4 is 25.0 Å². The van der Waals surface area contributed by atoms with Crippen LogP contribution in [0.5, 0.6) is 11.5 Å². The van der Waals surface area contributed by atoms with E-state index >= 15 is 0 Å². The van der Waals surface area contributed by atoms with Gasteiger partial charge in [0.05, 0.1) is 14.2 Å². The van der Waals surface area contributed by atoms with Crippen LogP contribution in [-0.2, 0) is 9.59 Å². The molecular weight excluding hydrogens is 432 g/mol. The number of hydrogen-bond donors (Lipinski definition) is 2. The number of carbonyl (C=O) groups excluding carboxylic acids is 2. The third-order valence-corrected chi connectivity index (χ3v) is 5.60. The molecule has 1 saturated heterocycles. The predicted octanol–water partition coefficient (Wildman–Crippen LogP) is 2.62. The van der Waals surface area contributed by atoms with Crippen molar-refractivity contribution in [1.29, 1.82) is 0 Å². The summed E-state index contributed by atoms with van der Waals surface area (Å²) in [4.78, 5) is 28.9. The molecule has 0 atom stereocenters. The molecule has 2 N–H and O–H groups in total. The second kappa shape index (κ2) is 11.6. The summed E-state index contributed by atoms with van der Waals surface area (Å²) in [6, 6.07) is 12.8. The number of rotatable bonds is 8. The number of methoxy groups -OCH3 is 2. The summed E-state index contributed by atoms with van der Waals surface area (Å²) in [5.74, 6) is -0.355. The van der Waals surface area contributed by atoms with Gasteiger partial charge in [-0.05, 0) is 49.4 Å². The SMILES string of the molecule is COc1ccc(NC(=O)C(=O)NCCCN2CCN(c3ccc(Cl)cc3)CC2)cc1OC. The Balaban J connectivity index is 1.34. The molecule has 0 spiro atoms. The third kappa shape index (κ3) is 6.51. The second-order valence-corrected chi connectivity index (χ2v) is 7.87. The summed E-state index contributed by atoms with van der Waals surface area (Å²) >= 11 is 5.96. The quantitative estimate of drug-likeness (QED) is 0.465. The summed E-state index contributed by atoms with van der Waals surface area (Å²) < 4.78 is 10.4. The van der Waals surface area contributed by atoms with Crippen LogP contribution in [0.15, 0.2) is 42.5 Å². The Morgan fingerprint density at radius 3 is 2.28 bits per heavy atom. The first-order chi connectivity index (χ1) is 15.5. The minimum atomic E-state index is -0.714. The van der Waals surface area contributed by atoms with Gasteiger partial charge in [-0.2, -0.15) is 0 Å². The van der Waals surface area contributed by atoms with Gasteiger partial charge in [-0.15, -0.1) is 0 Å². The maximum atomic E-state index is 12.1. The Kier molecular flexibility index (Phi) is 8.58. The molecule has 1 aliphatic rings. The fourth-order valence-corrected chi connectivity index (χ4v) is 3.69. The van der Waals surface area contributed by atoms with Crippen LogP contribution in [0, 0.1) is 0 Å². The largest absolute Gasteiger partial charge is 0.493 e. The summed E-state index contributed by atoms with van der Waals surface area (Å²) in [5, 5.41) is 5.99. The van der Waals surface area contributed by atoms with Crippen LogP contribution in [0.2, 0.25) is 5.02 Å². The van der Waals surface area contributed by atoms with Gasteiger partial charge in [-0.25, -0.2) is 0 Å². The first kappa shape index (κ1) is 23.7. The van der Waals surface area contributed by atoms with Crippen LogP contribution in [0.1, 0.15) is 6.42 Å². The number of nitrogens with zero attached hydrogens (tertiary/aromatic N) is 2. The third-order valence-electron chi connectivity index (χ3n) is 5.35. The average Bonchev–Trinajstić information content (AvgIpc) is 2.82. The molecule has 2 aromatic rings. The Morgan fingerprint density at radius 1 is 0.938 bits per heavy atom. The number of halogens is 1. The first-order valence-electron chi connectivity index (χ1n) is 10.5. The average molecular weight is 461 g/mol. The predicted molar refractivity (Wildman–Crippen MR) is 126 cm³/mol. The molecule has 0 unspecified atom stereocenters. The van der Waals surface area contributed by atoms with E-state index in [4.69, 9.17) is 21.1 Å². The fourth-order valence-electron chi connectivity index (χ4n) is 3.57. The molecule has 172 valence electrons. The van der Waals surface area contributed by atoms with Crippen molar-refractivity contribution in [2.75, 3.05) is 63.7 Å². The summed E-state index contributed by atoms with van der Waals surface area (Å²) in [5.41, 5.74) is 1.64. The molecule has 9 heteroatoms. The molecule has 1 aliphatic heterocycles. The van der Waals surface area contributed by atoms with Gasteiger partial charge in [0, 0.05) is 55.2 Å². The van der Waals surface area contributed by atoms with Gasteiger partial charge < -0.3 is 25.0 Å². The highest BCUT2D eigenvalue weighted by Crippen LogP contribution is 2.29. The van der Waals surface area contributed by atoms with Gasteiger partial charge >= 0.3 is 11.8 Å².